The molecule has 0 saturated heterocycles. The molecule has 0 unspecified atom stereocenters. The number of rotatable bonds is 3. The zero-order chi connectivity index (χ0) is 15.7. The highest BCUT2D eigenvalue weighted by Gasteiger charge is 2.14. The van der Waals surface area contributed by atoms with Crippen molar-refractivity contribution < 1.29 is 14.7 Å². The number of anilines is 1. The minimum atomic E-state index is -1.01. The fourth-order valence-corrected chi connectivity index (χ4v) is 2.10. The Morgan fingerprint density at radius 1 is 1.14 bits per heavy atom. The van der Waals surface area contributed by atoms with Crippen LogP contribution in [0.25, 0.3) is 5.65 Å². The Hall–Kier alpha value is -3.22. The Balaban J connectivity index is 1.88. The number of nitrogens with one attached hydrogen (secondary N) is 1. The van der Waals surface area contributed by atoms with Crippen LogP contribution in [0, 0.1) is 6.92 Å². The SMILES string of the molecule is Cc1nnc2c(C(=O)Nc3ccc(C(=O)O)cc3)cccn12. The average Bonchev–Trinajstić information content (AvgIpc) is 2.89. The lowest BCUT2D eigenvalue weighted by Gasteiger charge is -2.06. The van der Waals surface area contributed by atoms with Gasteiger partial charge >= 0.3 is 5.97 Å². The molecule has 0 aliphatic rings. The van der Waals surface area contributed by atoms with Crippen LogP contribution >= 0.6 is 0 Å². The third-order valence-electron chi connectivity index (χ3n) is 3.24. The topological polar surface area (TPSA) is 96.6 Å². The molecule has 2 aromatic heterocycles. The maximum Gasteiger partial charge on any atom is 0.335 e. The molecule has 0 fully saturated rings. The smallest absolute Gasteiger partial charge is 0.335 e. The van der Waals surface area contributed by atoms with E-state index >= 15 is 0 Å². The van der Waals surface area contributed by atoms with Crippen molar-refractivity contribution >= 4 is 23.2 Å². The van der Waals surface area contributed by atoms with Crippen LogP contribution in [0.3, 0.4) is 0 Å². The number of hydrogen-bond acceptors (Lipinski definition) is 4. The highest BCUT2D eigenvalue weighted by Crippen LogP contribution is 2.14. The fraction of sp³-hybridized carbons (Fsp3) is 0.0667. The Morgan fingerprint density at radius 3 is 2.55 bits per heavy atom. The zero-order valence-corrected chi connectivity index (χ0v) is 11.6. The summed E-state index contributed by atoms with van der Waals surface area (Å²) >= 11 is 0. The molecule has 3 rings (SSSR count). The van der Waals surface area contributed by atoms with Crippen LogP contribution < -0.4 is 5.32 Å². The van der Waals surface area contributed by atoms with Crippen molar-refractivity contribution in [1.29, 1.82) is 0 Å². The molecule has 3 aromatic rings. The van der Waals surface area contributed by atoms with Crippen molar-refractivity contribution in [2.45, 2.75) is 6.92 Å². The number of benzene rings is 1. The first-order valence-electron chi connectivity index (χ1n) is 6.51. The first-order valence-corrected chi connectivity index (χ1v) is 6.51. The van der Waals surface area contributed by atoms with Crippen molar-refractivity contribution in [2.75, 3.05) is 5.32 Å². The standard InChI is InChI=1S/C15H12N4O3/c1-9-17-18-13-12(3-2-8-19(9)13)14(20)16-11-6-4-10(5-7-11)15(21)22/h2-8H,1H3,(H,16,20)(H,21,22). The van der Waals surface area contributed by atoms with Gasteiger partial charge in [0, 0.05) is 11.9 Å². The monoisotopic (exact) mass is 296 g/mol. The van der Waals surface area contributed by atoms with Gasteiger partial charge in [0.1, 0.15) is 5.82 Å². The summed E-state index contributed by atoms with van der Waals surface area (Å²) in [6.07, 6.45) is 1.78. The Kier molecular flexibility index (Phi) is 3.30. The van der Waals surface area contributed by atoms with E-state index in [2.05, 4.69) is 15.5 Å². The van der Waals surface area contributed by atoms with E-state index in [1.165, 1.54) is 24.3 Å². The average molecular weight is 296 g/mol. The van der Waals surface area contributed by atoms with E-state index in [1.807, 2.05) is 0 Å². The van der Waals surface area contributed by atoms with E-state index < -0.39 is 5.97 Å². The Morgan fingerprint density at radius 2 is 1.86 bits per heavy atom. The van der Waals surface area contributed by atoms with Crippen LogP contribution in [0.4, 0.5) is 5.69 Å². The van der Waals surface area contributed by atoms with Gasteiger partial charge in [0.05, 0.1) is 11.1 Å². The van der Waals surface area contributed by atoms with Crippen LogP contribution in [-0.2, 0) is 0 Å². The lowest BCUT2D eigenvalue weighted by molar-refractivity contribution is 0.0696. The highest BCUT2D eigenvalue weighted by molar-refractivity contribution is 6.08. The molecule has 2 N–H and O–H groups in total. The van der Waals surface area contributed by atoms with E-state index in [4.69, 9.17) is 5.11 Å². The van der Waals surface area contributed by atoms with Crippen LogP contribution in [0.1, 0.15) is 26.5 Å². The van der Waals surface area contributed by atoms with Gasteiger partial charge in [0.15, 0.2) is 5.65 Å². The number of nitrogens with zero attached hydrogens (tertiary/aromatic N) is 3. The molecule has 0 bridgehead atoms. The van der Waals surface area contributed by atoms with E-state index in [9.17, 15) is 9.59 Å². The van der Waals surface area contributed by atoms with Crippen molar-refractivity contribution in [1.82, 2.24) is 14.6 Å². The van der Waals surface area contributed by atoms with Crippen molar-refractivity contribution in [3.8, 4) is 0 Å². The number of carbonyl (C=O) groups is 2. The largest absolute Gasteiger partial charge is 0.478 e. The molecule has 0 atom stereocenters. The van der Waals surface area contributed by atoms with Gasteiger partial charge in [-0.15, -0.1) is 10.2 Å². The van der Waals surface area contributed by atoms with E-state index in [0.29, 0.717) is 22.7 Å². The van der Waals surface area contributed by atoms with E-state index in [-0.39, 0.29) is 11.5 Å². The minimum absolute atomic E-state index is 0.160. The van der Waals surface area contributed by atoms with Gasteiger partial charge in [-0.3, -0.25) is 9.20 Å². The molecular formula is C15H12N4O3. The van der Waals surface area contributed by atoms with Gasteiger partial charge in [-0.25, -0.2) is 4.79 Å². The van der Waals surface area contributed by atoms with Gasteiger partial charge < -0.3 is 10.4 Å². The van der Waals surface area contributed by atoms with Gasteiger partial charge in [-0.2, -0.15) is 0 Å². The number of aryl methyl sites for hydroxylation is 1. The number of pyridine rings is 1. The molecule has 0 aliphatic heterocycles. The molecule has 1 amide bonds. The summed E-state index contributed by atoms with van der Waals surface area (Å²) in [5.74, 6) is -0.655. The van der Waals surface area contributed by atoms with Crippen molar-refractivity contribution in [3.05, 3.63) is 59.5 Å². The third kappa shape index (κ3) is 2.39. The predicted octanol–water partition coefficient (Wildman–Crippen LogP) is 1.99. The zero-order valence-electron chi connectivity index (χ0n) is 11.6. The molecule has 0 aliphatic carbocycles. The van der Waals surface area contributed by atoms with Crippen molar-refractivity contribution in [2.24, 2.45) is 0 Å². The van der Waals surface area contributed by atoms with E-state index in [1.54, 1.807) is 29.7 Å². The van der Waals surface area contributed by atoms with Crippen LogP contribution in [0.2, 0.25) is 0 Å². The first kappa shape index (κ1) is 13.7. The molecule has 7 heteroatoms. The molecule has 0 radical (unpaired) electrons. The number of hydrogen-bond donors (Lipinski definition) is 2. The number of carboxylic acid groups (broad SMARTS) is 1. The first-order chi connectivity index (χ1) is 10.6. The maximum absolute atomic E-state index is 12.3. The summed E-state index contributed by atoms with van der Waals surface area (Å²) in [7, 11) is 0. The summed E-state index contributed by atoms with van der Waals surface area (Å²) in [5, 5.41) is 19.5. The number of aromatic nitrogens is 3. The van der Waals surface area contributed by atoms with Crippen LogP contribution in [0.15, 0.2) is 42.6 Å². The Labute approximate surface area is 125 Å². The van der Waals surface area contributed by atoms with Crippen LogP contribution in [-0.4, -0.2) is 31.6 Å². The molecule has 0 saturated carbocycles. The summed E-state index contributed by atoms with van der Waals surface area (Å²) in [5.41, 5.74) is 1.53. The molecule has 7 nitrogen and oxygen atoms in total. The summed E-state index contributed by atoms with van der Waals surface area (Å²) in [6.45, 7) is 1.80. The maximum atomic E-state index is 12.3. The van der Waals surface area contributed by atoms with Gasteiger partial charge in [0.25, 0.3) is 5.91 Å². The van der Waals surface area contributed by atoms with Crippen LogP contribution in [0.5, 0.6) is 0 Å². The summed E-state index contributed by atoms with van der Waals surface area (Å²) in [6, 6.07) is 9.34. The lowest BCUT2D eigenvalue weighted by atomic mass is 10.2. The number of aromatic carboxylic acids is 1. The summed E-state index contributed by atoms with van der Waals surface area (Å²) < 4.78 is 1.72. The van der Waals surface area contributed by atoms with Crippen molar-refractivity contribution in [3.63, 3.8) is 0 Å². The molecule has 2 heterocycles. The van der Waals surface area contributed by atoms with Gasteiger partial charge in [-0.1, -0.05) is 0 Å². The second-order valence-electron chi connectivity index (χ2n) is 4.70. The second kappa shape index (κ2) is 5.28. The number of amides is 1. The third-order valence-corrected chi connectivity index (χ3v) is 3.24. The van der Waals surface area contributed by atoms with E-state index in [0.717, 1.165) is 0 Å². The highest BCUT2D eigenvalue weighted by atomic mass is 16.4. The Bertz CT molecular complexity index is 868. The molecule has 0 spiro atoms. The molecule has 1 aromatic carbocycles. The van der Waals surface area contributed by atoms with Gasteiger partial charge in [-0.05, 0) is 43.3 Å². The minimum Gasteiger partial charge on any atom is -0.478 e. The lowest BCUT2D eigenvalue weighted by Crippen LogP contribution is -2.13. The molecule has 22 heavy (non-hydrogen) atoms. The normalized spacial score (nSPS) is 10.6. The predicted molar refractivity (Wildman–Crippen MR) is 79.1 cm³/mol. The quantitative estimate of drug-likeness (QED) is 0.770. The number of fused-ring (bicyclic) bond motifs is 1. The fourth-order valence-electron chi connectivity index (χ4n) is 2.10. The van der Waals surface area contributed by atoms with Gasteiger partial charge in [0.2, 0.25) is 0 Å². The molecule has 110 valence electrons. The summed E-state index contributed by atoms with van der Waals surface area (Å²) in [4.78, 5) is 23.1. The number of carboxylic acids is 1. The number of carbonyl (C=O) groups excluding carboxylic acids is 1. The molecular weight excluding hydrogens is 284 g/mol. The second-order valence-corrected chi connectivity index (χ2v) is 4.70.